The molecule has 4 atom stereocenters. The van der Waals surface area contributed by atoms with Crippen LogP contribution in [0.15, 0.2) is 17.1 Å². The number of aromatic nitrogens is 1. The maximum atomic E-state index is 15.3. The molecule has 1 unspecified atom stereocenters. The van der Waals surface area contributed by atoms with E-state index in [-0.39, 0.29) is 47.3 Å². The number of fused-ring (bicyclic) bond motifs is 1. The van der Waals surface area contributed by atoms with Gasteiger partial charge in [0.05, 0.1) is 16.9 Å². The lowest BCUT2D eigenvalue weighted by Crippen LogP contribution is -2.38. The van der Waals surface area contributed by atoms with Crippen LogP contribution < -0.4 is 20.4 Å². The number of hydrogen-bond donors (Lipinski definition) is 2. The molecule has 1 saturated carbocycles. The number of hydrogen-bond acceptors (Lipinski definition) is 6. The summed E-state index contributed by atoms with van der Waals surface area (Å²) in [4.78, 5) is 38.2. The molecule has 5 rings (SSSR count). The SMILES string of the molecule is CC1COc2c(N3C[C@@H]4[C@H](C3)[C@H]4NC(=O)OC(C)(C)C)c(F)cc3c(=O)c(C(=O)O)cn1c23. The molecule has 0 radical (unpaired) electrons. The van der Waals surface area contributed by atoms with Crippen LogP contribution in [0.1, 0.15) is 44.1 Å². The highest BCUT2D eigenvalue weighted by Crippen LogP contribution is 2.50. The number of ether oxygens (including phenoxy) is 2. The number of halogens is 1. The molecular formula is C23H26FN3O6. The molecule has 1 aromatic carbocycles. The lowest BCUT2D eigenvalue weighted by molar-refractivity contribution is 0.0517. The molecule has 2 N–H and O–H groups in total. The Morgan fingerprint density at radius 3 is 2.55 bits per heavy atom. The van der Waals surface area contributed by atoms with Gasteiger partial charge in [-0.25, -0.2) is 14.0 Å². The zero-order valence-corrected chi connectivity index (χ0v) is 18.8. The van der Waals surface area contributed by atoms with Crippen molar-refractivity contribution in [3.63, 3.8) is 0 Å². The first-order valence-electron chi connectivity index (χ1n) is 11.0. The number of anilines is 1. The van der Waals surface area contributed by atoms with Crippen LogP contribution in [0, 0.1) is 17.7 Å². The maximum Gasteiger partial charge on any atom is 0.407 e. The van der Waals surface area contributed by atoms with Gasteiger partial charge in [0.2, 0.25) is 5.43 Å². The maximum absolute atomic E-state index is 15.3. The van der Waals surface area contributed by atoms with Gasteiger partial charge in [0, 0.05) is 37.2 Å². The summed E-state index contributed by atoms with van der Waals surface area (Å²) in [5.41, 5.74) is -1.03. The predicted octanol–water partition coefficient (Wildman–Crippen LogP) is 2.75. The van der Waals surface area contributed by atoms with Crippen molar-refractivity contribution in [1.82, 2.24) is 9.88 Å². The summed E-state index contributed by atoms with van der Waals surface area (Å²) >= 11 is 0. The van der Waals surface area contributed by atoms with E-state index >= 15 is 4.39 Å². The van der Waals surface area contributed by atoms with Gasteiger partial charge < -0.3 is 29.4 Å². The summed E-state index contributed by atoms with van der Waals surface area (Å²) in [5, 5.41) is 12.3. The van der Waals surface area contributed by atoms with Crippen molar-refractivity contribution in [1.29, 1.82) is 0 Å². The van der Waals surface area contributed by atoms with E-state index in [1.165, 1.54) is 6.20 Å². The molecule has 3 heterocycles. The molecule has 10 heteroatoms. The van der Waals surface area contributed by atoms with E-state index in [4.69, 9.17) is 9.47 Å². The first-order valence-corrected chi connectivity index (χ1v) is 11.0. The molecule has 33 heavy (non-hydrogen) atoms. The Hall–Kier alpha value is -3.30. The number of nitrogens with zero attached hydrogens (tertiary/aromatic N) is 2. The predicted molar refractivity (Wildman–Crippen MR) is 118 cm³/mol. The second-order valence-corrected chi connectivity index (χ2v) is 10.1. The lowest BCUT2D eigenvalue weighted by atomic mass is 10.1. The van der Waals surface area contributed by atoms with Crippen molar-refractivity contribution >= 4 is 28.7 Å². The second-order valence-electron chi connectivity index (χ2n) is 10.1. The van der Waals surface area contributed by atoms with Gasteiger partial charge in [0.25, 0.3) is 0 Å². The quantitative estimate of drug-likeness (QED) is 0.726. The van der Waals surface area contributed by atoms with E-state index in [0.29, 0.717) is 18.6 Å². The Labute approximate surface area is 189 Å². The van der Waals surface area contributed by atoms with E-state index in [9.17, 15) is 19.5 Å². The highest BCUT2D eigenvalue weighted by Gasteiger charge is 2.57. The number of carbonyl (C=O) groups excluding carboxylic acids is 1. The molecular weight excluding hydrogens is 433 g/mol. The van der Waals surface area contributed by atoms with Crippen molar-refractivity contribution in [3.05, 3.63) is 33.9 Å². The van der Waals surface area contributed by atoms with Gasteiger partial charge in [0.15, 0.2) is 11.6 Å². The minimum absolute atomic E-state index is 0.00785. The van der Waals surface area contributed by atoms with Crippen LogP contribution in [-0.4, -0.2) is 53.1 Å². The number of amides is 1. The minimum Gasteiger partial charge on any atom is -0.487 e. The normalized spacial score (nSPS) is 25.4. The van der Waals surface area contributed by atoms with Crippen molar-refractivity contribution in [2.75, 3.05) is 24.6 Å². The number of piperidine rings is 1. The van der Waals surface area contributed by atoms with Gasteiger partial charge in [0.1, 0.15) is 23.5 Å². The van der Waals surface area contributed by atoms with Crippen LogP contribution in [0.25, 0.3) is 10.9 Å². The van der Waals surface area contributed by atoms with Crippen LogP contribution in [0.2, 0.25) is 0 Å². The fourth-order valence-corrected chi connectivity index (χ4v) is 5.03. The smallest absolute Gasteiger partial charge is 0.407 e. The van der Waals surface area contributed by atoms with Crippen LogP contribution >= 0.6 is 0 Å². The summed E-state index contributed by atoms with van der Waals surface area (Å²) in [7, 11) is 0. The number of rotatable bonds is 3. The minimum atomic E-state index is -1.35. The average Bonchev–Trinajstić information content (AvgIpc) is 3.13. The first kappa shape index (κ1) is 21.5. The molecule has 176 valence electrons. The van der Waals surface area contributed by atoms with Gasteiger partial charge >= 0.3 is 12.1 Å². The van der Waals surface area contributed by atoms with E-state index in [1.807, 2.05) is 11.8 Å². The highest BCUT2D eigenvalue weighted by atomic mass is 19.1. The van der Waals surface area contributed by atoms with Crippen LogP contribution in [-0.2, 0) is 4.74 Å². The summed E-state index contributed by atoms with van der Waals surface area (Å²) in [6, 6.07) is 0.876. The van der Waals surface area contributed by atoms with Gasteiger partial charge in [-0.3, -0.25) is 4.79 Å². The fraction of sp³-hybridized carbons (Fsp3) is 0.522. The summed E-state index contributed by atoms with van der Waals surface area (Å²) in [6.07, 6.45) is 0.851. The number of benzene rings is 1. The number of carbonyl (C=O) groups is 2. The second kappa shape index (κ2) is 7.10. The number of alkyl carbamates (subject to hydrolysis) is 1. The molecule has 0 bridgehead atoms. The lowest BCUT2D eigenvalue weighted by Gasteiger charge is -2.32. The Balaban J connectivity index is 1.45. The first-order chi connectivity index (χ1) is 15.5. The topological polar surface area (TPSA) is 110 Å². The number of carboxylic acid groups (broad SMARTS) is 1. The Bertz CT molecular complexity index is 1240. The zero-order chi connectivity index (χ0) is 23.8. The third kappa shape index (κ3) is 3.48. The van der Waals surface area contributed by atoms with E-state index in [0.717, 1.165) is 6.07 Å². The Morgan fingerprint density at radius 1 is 1.27 bits per heavy atom. The van der Waals surface area contributed by atoms with E-state index in [2.05, 4.69) is 5.32 Å². The molecule has 1 aromatic heterocycles. The highest BCUT2D eigenvalue weighted by molar-refractivity contribution is 5.97. The van der Waals surface area contributed by atoms with Crippen molar-refractivity contribution in [3.8, 4) is 5.75 Å². The van der Waals surface area contributed by atoms with Crippen LogP contribution in [0.5, 0.6) is 5.75 Å². The molecule has 9 nitrogen and oxygen atoms in total. The van der Waals surface area contributed by atoms with Crippen LogP contribution in [0.3, 0.4) is 0 Å². The van der Waals surface area contributed by atoms with Gasteiger partial charge in [-0.05, 0) is 33.8 Å². The number of carboxylic acids is 1. The van der Waals surface area contributed by atoms with E-state index in [1.54, 1.807) is 25.3 Å². The average molecular weight is 459 g/mol. The third-order valence-electron chi connectivity index (χ3n) is 6.57. The Kier molecular flexibility index (Phi) is 4.63. The fourth-order valence-electron chi connectivity index (χ4n) is 5.03. The van der Waals surface area contributed by atoms with Crippen molar-refractivity contribution < 1.29 is 28.6 Å². The molecule has 2 fully saturated rings. The molecule has 0 spiro atoms. The molecule has 1 aliphatic carbocycles. The Morgan fingerprint density at radius 2 is 1.94 bits per heavy atom. The summed E-state index contributed by atoms with van der Waals surface area (Å²) in [5.74, 6) is -1.39. The van der Waals surface area contributed by atoms with Crippen molar-refractivity contribution in [2.24, 2.45) is 11.8 Å². The van der Waals surface area contributed by atoms with Crippen molar-refractivity contribution in [2.45, 2.75) is 45.4 Å². The largest absolute Gasteiger partial charge is 0.487 e. The zero-order valence-electron chi connectivity index (χ0n) is 18.8. The van der Waals surface area contributed by atoms with E-state index < -0.39 is 34.5 Å². The summed E-state index contributed by atoms with van der Waals surface area (Å²) in [6.45, 7) is 8.53. The standard InChI is InChI=1S/C23H26FN3O6/c1-10-9-32-20-17-11(19(28)14(21(29)30)8-27(10)17)5-15(24)18(20)26-6-12-13(7-26)16(12)25-22(31)33-23(2,3)4/h5,8,10,12-13,16H,6-7,9H2,1-4H3,(H,25,31)(H,29,30)/t10?,12-,13+,16+. The van der Waals surface area contributed by atoms with Gasteiger partial charge in [-0.15, -0.1) is 0 Å². The monoisotopic (exact) mass is 459 g/mol. The molecule has 2 aliphatic heterocycles. The summed E-state index contributed by atoms with van der Waals surface area (Å²) < 4.78 is 28.2. The molecule has 1 amide bonds. The number of aromatic carboxylic acids is 1. The number of nitrogens with one attached hydrogen (secondary N) is 1. The molecule has 1 saturated heterocycles. The van der Waals surface area contributed by atoms with Gasteiger partial charge in [-0.2, -0.15) is 0 Å². The number of pyridine rings is 1. The van der Waals surface area contributed by atoms with Gasteiger partial charge in [-0.1, -0.05) is 0 Å². The third-order valence-corrected chi connectivity index (χ3v) is 6.57. The van der Waals surface area contributed by atoms with Crippen LogP contribution in [0.4, 0.5) is 14.9 Å². The molecule has 3 aliphatic rings. The molecule has 2 aromatic rings.